The molecular weight excluding hydrogens is 274 g/mol. The van der Waals surface area contributed by atoms with Gasteiger partial charge < -0.3 is 14.8 Å². The van der Waals surface area contributed by atoms with Gasteiger partial charge in [-0.25, -0.2) is 0 Å². The molecule has 0 bridgehead atoms. The largest absolute Gasteiger partial charge is 0.367 e. The number of hydrogen-bond acceptors (Lipinski definition) is 2. The maximum atomic E-state index is 11.9. The average Bonchev–Trinajstić information content (AvgIpc) is 2.95. The van der Waals surface area contributed by atoms with E-state index in [0.29, 0.717) is 0 Å². The molecule has 1 aliphatic heterocycles. The van der Waals surface area contributed by atoms with Crippen molar-refractivity contribution < 1.29 is 4.79 Å². The number of nitrogens with one attached hydrogen (secondary N) is 1. The number of benzene rings is 1. The molecule has 1 fully saturated rings. The van der Waals surface area contributed by atoms with Crippen molar-refractivity contribution in [2.24, 2.45) is 0 Å². The fourth-order valence-corrected chi connectivity index (χ4v) is 2.90. The van der Waals surface area contributed by atoms with Gasteiger partial charge in [-0.05, 0) is 25.1 Å². The number of H-pyrrole nitrogens is 1. The zero-order valence-electron chi connectivity index (χ0n) is 11.5. The standard InChI is InChI=1S/C15H18ClN3O/c1-11(16)15(20)19-9-7-18(8-10-19)14-4-2-3-13-12(14)5-6-17-13/h2-6,11,17H,7-10H2,1H3/t11-/m1/s1. The number of aromatic amines is 1. The zero-order valence-corrected chi connectivity index (χ0v) is 12.2. The molecule has 1 aromatic heterocycles. The second-order valence-corrected chi connectivity index (χ2v) is 5.80. The molecule has 1 aliphatic rings. The van der Waals surface area contributed by atoms with Gasteiger partial charge in [0, 0.05) is 49.0 Å². The first kappa shape index (κ1) is 13.3. The fraction of sp³-hybridized carbons (Fsp3) is 0.400. The minimum atomic E-state index is -0.436. The third-order valence-electron chi connectivity index (χ3n) is 3.84. The molecule has 106 valence electrons. The SMILES string of the molecule is C[C@@H](Cl)C(=O)N1CCN(c2cccc3[nH]ccc23)CC1. The Hall–Kier alpha value is -1.68. The van der Waals surface area contributed by atoms with E-state index in [2.05, 4.69) is 34.1 Å². The Kier molecular flexibility index (Phi) is 3.57. The predicted molar refractivity (Wildman–Crippen MR) is 82.4 cm³/mol. The summed E-state index contributed by atoms with van der Waals surface area (Å²) >= 11 is 5.87. The number of anilines is 1. The van der Waals surface area contributed by atoms with Gasteiger partial charge in [0.1, 0.15) is 5.38 Å². The summed E-state index contributed by atoms with van der Waals surface area (Å²) in [6, 6.07) is 8.38. The van der Waals surface area contributed by atoms with E-state index >= 15 is 0 Å². The number of halogens is 1. The molecule has 5 heteroatoms. The molecule has 0 radical (unpaired) electrons. The summed E-state index contributed by atoms with van der Waals surface area (Å²) in [5, 5.41) is 0.799. The molecule has 1 amide bonds. The Morgan fingerprint density at radius 3 is 2.70 bits per heavy atom. The lowest BCUT2D eigenvalue weighted by Gasteiger charge is -2.36. The van der Waals surface area contributed by atoms with E-state index in [1.54, 1.807) is 6.92 Å². The molecule has 4 nitrogen and oxygen atoms in total. The quantitative estimate of drug-likeness (QED) is 0.863. The number of piperazine rings is 1. The lowest BCUT2D eigenvalue weighted by Crippen LogP contribution is -2.50. The number of nitrogens with zero attached hydrogens (tertiary/aromatic N) is 2. The Bertz CT molecular complexity index is 614. The Morgan fingerprint density at radius 2 is 2.00 bits per heavy atom. The Balaban J connectivity index is 1.75. The summed E-state index contributed by atoms with van der Waals surface area (Å²) in [7, 11) is 0. The predicted octanol–water partition coefficient (Wildman–Crippen LogP) is 2.44. The molecule has 0 unspecified atom stereocenters. The van der Waals surface area contributed by atoms with Crippen molar-refractivity contribution >= 4 is 34.1 Å². The third-order valence-corrected chi connectivity index (χ3v) is 4.03. The van der Waals surface area contributed by atoms with E-state index in [9.17, 15) is 4.79 Å². The summed E-state index contributed by atoms with van der Waals surface area (Å²) in [5.74, 6) is 0.0335. The summed E-state index contributed by atoms with van der Waals surface area (Å²) in [5.41, 5.74) is 2.38. The number of fused-ring (bicyclic) bond motifs is 1. The van der Waals surface area contributed by atoms with Crippen LogP contribution in [0.15, 0.2) is 30.5 Å². The van der Waals surface area contributed by atoms with Crippen LogP contribution < -0.4 is 4.90 Å². The number of aromatic nitrogens is 1. The summed E-state index contributed by atoms with van der Waals surface area (Å²) in [6.45, 7) is 4.89. The van der Waals surface area contributed by atoms with Gasteiger partial charge in [0.2, 0.25) is 5.91 Å². The van der Waals surface area contributed by atoms with Crippen LogP contribution in [0.25, 0.3) is 10.9 Å². The molecule has 1 aromatic carbocycles. The average molecular weight is 292 g/mol. The first-order valence-corrected chi connectivity index (χ1v) is 7.34. The molecule has 1 N–H and O–H groups in total. The van der Waals surface area contributed by atoms with Crippen molar-refractivity contribution in [1.29, 1.82) is 0 Å². The van der Waals surface area contributed by atoms with Crippen LogP contribution in [0.4, 0.5) is 5.69 Å². The molecule has 2 aromatic rings. The van der Waals surface area contributed by atoms with Crippen LogP contribution in [0.5, 0.6) is 0 Å². The van der Waals surface area contributed by atoms with Crippen molar-refractivity contribution in [1.82, 2.24) is 9.88 Å². The van der Waals surface area contributed by atoms with Gasteiger partial charge in [0.05, 0.1) is 0 Å². The van der Waals surface area contributed by atoms with Gasteiger partial charge in [-0.2, -0.15) is 0 Å². The van der Waals surface area contributed by atoms with Gasteiger partial charge in [0.15, 0.2) is 0 Å². The highest BCUT2D eigenvalue weighted by Crippen LogP contribution is 2.27. The Labute approximate surface area is 123 Å². The van der Waals surface area contributed by atoms with E-state index < -0.39 is 5.38 Å². The zero-order chi connectivity index (χ0) is 14.1. The molecule has 0 saturated carbocycles. The molecule has 20 heavy (non-hydrogen) atoms. The number of carbonyl (C=O) groups excluding carboxylic acids is 1. The number of hydrogen-bond donors (Lipinski definition) is 1. The van der Waals surface area contributed by atoms with Gasteiger partial charge in [-0.1, -0.05) is 6.07 Å². The first-order valence-electron chi connectivity index (χ1n) is 6.91. The molecule has 1 atom stereocenters. The Morgan fingerprint density at radius 1 is 1.25 bits per heavy atom. The van der Waals surface area contributed by atoms with Gasteiger partial charge in [-0.3, -0.25) is 4.79 Å². The first-order chi connectivity index (χ1) is 9.66. The van der Waals surface area contributed by atoms with E-state index in [0.717, 1.165) is 31.7 Å². The summed E-state index contributed by atoms with van der Waals surface area (Å²) in [4.78, 5) is 19.3. The molecule has 3 rings (SSSR count). The number of amides is 1. The van der Waals surface area contributed by atoms with E-state index in [4.69, 9.17) is 11.6 Å². The maximum Gasteiger partial charge on any atom is 0.240 e. The topological polar surface area (TPSA) is 39.3 Å². The second kappa shape index (κ2) is 5.37. The van der Waals surface area contributed by atoms with Crippen molar-refractivity contribution in [2.75, 3.05) is 31.1 Å². The second-order valence-electron chi connectivity index (χ2n) is 5.14. The molecule has 1 saturated heterocycles. The molecule has 0 spiro atoms. The van der Waals surface area contributed by atoms with Gasteiger partial charge in [-0.15, -0.1) is 11.6 Å². The molecular formula is C15H18ClN3O. The summed E-state index contributed by atoms with van der Waals surface area (Å²) in [6.07, 6.45) is 1.96. The van der Waals surface area contributed by atoms with Crippen molar-refractivity contribution in [3.63, 3.8) is 0 Å². The summed E-state index contributed by atoms with van der Waals surface area (Å²) < 4.78 is 0. The highest BCUT2D eigenvalue weighted by Gasteiger charge is 2.24. The smallest absolute Gasteiger partial charge is 0.240 e. The van der Waals surface area contributed by atoms with E-state index in [1.807, 2.05) is 11.1 Å². The van der Waals surface area contributed by atoms with Crippen LogP contribution in [0.2, 0.25) is 0 Å². The third kappa shape index (κ3) is 2.36. The number of rotatable bonds is 2. The van der Waals surface area contributed by atoms with E-state index in [-0.39, 0.29) is 5.91 Å². The maximum absolute atomic E-state index is 11.9. The fourth-order valence-electron chi connectivity index (χ4n) is 2.76. The van der Waals surface area contributed by atoms with Crippen molar-refractivity contribution in [2.45, 2.75) is 12.3 Å². The lowest BCUT2D eigenvalue weighted by atomic mass is 10.1. The lowest BCUT2D eigenvalue weighted by molar-refractivity contribution is -0.130. The van der Waals surface area contributed by atoms with Crippen LogP contribution in [-0.2, 0) is 4.79 Å². The number of alkyl halides is 1. The van der Waals surface area contributed by atoms with Crippen LogP contribution in [0.3, 0.4) is 0 Å². The van der Waals surface area contributed by atoms with E-state index in [1.165, 1.54) is 11.1 Å². The minimum Gasteiger partial charge on any atom is -0.367 e. The van der Waals surface area contributed by atoms with Gasteiger partial charge >= 0.3 is 0 Å². The van der Waals surface area contributed by atoms with Crippen molar-refractivity contribution in [3.05, 3.63) is 30.5 Å². The highest BCUT2D eigenvalue weighted by atomic mass is 35.5. The van der Waals surface area contributed by atoms with Crippen LogP contribution in [0, 0.1) is 0 Å². The normalized spacial score (nSPS) is 17.5. The minimum absolute atomic E-state index is 0.0335. The number of carbonyl (C=O) groups is 1. The van der Waals surface area contributed by atoms with Crippen molar-refractivity contribution in [3.8, 4) is 0 Å². The highest BCUT2D eigenvalue weighted by molar-refractivity contribution is 6.30. The van der Waals surface area contributed by atoms with Gasteiger partial charge in [0.25, 0.3) is 0 Å². The monoisotopic (exact) mass is 291 g/mol. The van der Waals surface area contributed by atoms with Crippen LogP contribution in [-0.4, -0.2) is 47.3 Å². The van der Waals surface area contributed by atoms with Crippen LogP contribution >= 0.6 is 11.6 Å². The van der Waals surface area contributed by atoms with Crippen LogP contribution in [0.1, 0.15) is 6.92 Å². The molecule has 0 aliphatic carbocycles. The molecule has 2 heterocycles.